The first-order valence-electron chi connectivity index (χ1n) is 5.80. The van der Waals surface area contributed by atoms with Crippen molar-refractivity contribution in [3.05, 3.63) is 11.2 Å². The predicted octanol–water partition coefficient (Wildman–Crippen LogP) is 0.548. The molecule has 9 heteroatoms. The number of carbonyl (C=O) groups is 1. The van der Waals surface area contributed by atoms with Gasteiger partial charge in [0.15, 0.2) is 9.90 Å². The maximum atomic E-state index is 12.2. The highest BCUT2D eigenvalue weighted by Crippen LogP contribution is 2.21. The lowest BCUT2D eigenvalue weighted by Crippen LogP contribution is -2.48. The Hall–Kier alpha value is -1.03. The van der Waals surface area contributed by atoms with Gasteiger partial charge in [-0.3, -0.25) is 0 Å². The lowest BCUT2D eigenvalue weighted by Gasteiger charge is -2.32. The number of thiazole rings is 1. The van der Waals surface area contributed by atoms with Crippen molar-refractivity contribution in [2.24, 2.45) is 0 Å². The maximum Gasteiger partial charge on any atom is 0.358 e. The highest BCUT2D eigenvalue weighted by molar-refractivity contribution is 7.91. The first-order chi connectivity index (χ1) is 9.12. The molecule has 0 spiro atoms. The average molecular weight is 321 g/mol. The lowest BCUT2D eigenvalue weighted by atomic mass is 10.1. The second-order valence-corrected chi connectivity index (χ2v) is 7.83. The minimum Gasteiger partial charge on any atom is -0.464 e. The summed E-state index contributed by atoms with van der Waals surface area (Å²) in [6.45, 7) is 4.02. The van der Waals surface area contributed by atoms with E-state index in [0.717, 1.165) is 11.3 Å². The molecule has 1 N–H and O–H groups in total. The molecule has 20 heavy (non-hydrogen) atoms. The summed E-state index contributed by atoms with van der Waals surface area (Å²) in [4.78, 5) is 17.1. The van der Waals surface area contributed by atoms with Gasteiger partial charge in [-0.15, -0.1) is 11.3 Å². The molecule has 0 aliphatic rings. The first kappa shape index (κ1) is 17.0. The topological polar surface area (TPSA) is 88.6 Å². The van der Waals surface area contributed by atoms with Crippen LogP contribution in [0.25, 0.3) is 0 Å². The van der Waals surface area contributed by atoms with E-state index in [-0.39, 0.29) is 22.0 Å². The molecular weight excluding hydrogens is 302 g/mol. The fraction of sp³-hybridized carbons (Fsp3) is 0.636. The second-order valence-electron chi connectivity index (χ2n) is 5.01. The van der Waals surface area contributed by atoms with E-state index in [1.54, 1.807) is 0 Å². The molecule has 0 unspecified atom stereocenters. The molecule has 0 aliphatic heterocycles. The van der Waals surface area contributed by atoms with Crippen LogP contribution in [0.1, 0.15) is 24.3 Å². The van der Waals surface area contributed by atoms with Crippen molar-refractivity contribution in [3.63, 3.8) is 0 Å². The van der Waals surface area contributed by atoms with Crippen molar-refractivity contribution in [2.75, 3.05) is 27.7 Å². The molecule has 0 amide bonds. The van der Waals surface area contributed by atoms with E-state index < -0.39 is 16.0 Å². The van der Waals surface area contributed by atoms with Crippen LogP contribution in [0.4, 0.5) is 0 Å². The van der Waals surface area contributed by atoms with Gasteiger partial charge in [-0.2, -0.15) is 0 Å². The van der Waals surface area contributed by atoms with Gasteiger partial charge < -0.3 is 9.64 Å². The van der Waals surface area contributed by atoms with Gasteiger partial charge >= 0.3 is 5.97 Å². The minimum atomic E-state index is -3.79. The Bertz CT molecular complexity index is 578. The van der Waals surface area contributed by atoms with Crippen LogP contribution in [-0.2, 0) is 14.8 Å². The van der Waals surface area contributed by atoms with E-state index in [2.05, 4.69) is 14.4 Å². The van der Waals surface area contributed by atoms with Crippen molar-refractivity contribution < 1.29 is 17.9 Å². The van der Waals surface area contributed by atoms with Gasteiger partial charge in [0.05, 0.1) is 12.6 Å². The van der Waals surface area contributed by atoms with Crippen LogP contribution in [0.5, 0.6) is 0 Å². The Morgan fingerprint density at radius 2 is 2.10 bits per heavy atom. The van der Waals surface area contributed by atoms with Gasteiger partial charge in [0.2, 0.25) is 0 Å². The van der Waals surface area contributed by atoms with Gasteiger partial charge in [0.1, 0.15) is 0 Å². The van der Waals surface area contributed by atoms with Crippen LogP contribution in [0.3, 0.4) is 0 Å². The van der Waals surface area contributed by atoms with Gasteiger partial charge in [-0.25, -0.2) is 22.9 Å². The monoisotopic (exact) mass is 321 g/mol. The Kier molecular flexibility index (Phi) is 5.25. The van der Waals surface area contributed by atoms with Gasteiger partial charge in [-0.05, 0) is 27.9 Å². The van der Waals surface area contributed by atoms with E-state index >= 15 is 0 Å². The van der Waals surface area contributed by atoms with E-state index in [4.69, 9.17) is 0 Å². The van der Waals surface area contributed by atoms with E-state index in [1.165, 1.54) is 12.6 Å². The van der Waals surface area contributed by atoms with Crippen LogP contribution in [0, 0.1) is 0 Å². The highest BCUT2D eigenvalue weighted by Gasteiger charge is 2.29. The molecule has 7 nitrogen and oxygen atoms in total. The van der Waals surface area contributed by atoms with Crippen molar-refractivity contribution in [2.45, 2.75) is 23.6 Å². The first-order valence-corrected chi connectivity index (χ1v) is 8.17. The predicted molar refractivity (Wildman–Crippen MR) is 76.4 cm³/mol. The van der Waals surface area contributed by atoms with E-state index in [9.17, 15) is 13.2 Å². The molecule has 0 aromatic carbocycles. The third-order valence-corrected chi connectivity index (χ3v) is 5.83. The normalized spacial score (nSPS) is 12.7. The Labute approximate surface area is 123 Å². The molecule has 114 valence electrons. The Morgan fingerprint density at radius 1 is 1.50 bits per heavy atom. The molecule has 0 saturated carbocycles. The average Bonchev–Trinajstić information content (AvgIpc) is 2.85. The summed E-state index contributed by atoms with van der Waals surface area (Å²) in [6.07, 6.45) is 0. The van der Waals surface area contributed by atoms with Crippen LogP contribution < -0.4 is 4.72 Å². The molecule has 0 atom stereocenters. The maximum absolute atomic E-state index is 12.2. The number of ether oxygens (including phenoxy) is 1. The fourth-order valence-electron chi connectivity index (χ4n) is 1.15. The number of hydrogen-bond acceptors (Lipinski definition) is 7. The molecule has 0 bridgehead atoms. The van der Waals surface area contributed by atoms with Crippen molar-refractivity contribution in [1.82, 2.24) is 14.6 Å². The molecule has 1 heterocycles. The second kappa shape index (κ2) is 6.17. The van der Waals surface area contributed by atoms with Gasteiger partial charge in [-0.1, -0.05) is 0 Å². The molecular formula is C11H19N3O4S2. The number of hydrogen-bond donors (Lipinski definition) is 1. The third-order valence-electron chi connectivity index (χ3n) is 3.06. The largest absolute Gasteiger partial charge is 0.464 e. The number of rotatable bonds is 6. The fourth-order valence-corrected chi connectivity index (χ4v) is 3.53. The van der Waals surface area contributed by atoms with Crippen molar-refractivity contribution >= 4 is 27.3 Å². The zero-order valence-electron chi connectivity index (χ0n) is 12.1. The number of carbonyl (C=O) groups excluding carboxylic acids is 1. The molecule has 1 rings (SSSR count). The van der Waals surface area contributed by atoms with Crippen molar-refractivity contribution in [3.8, 4) is 0 Å². The molecule has 1 aromatic rings. The van der Waals surface area contributed by atoms with Crippen LogP contribution in [-0.4, -0.2) is 57.6 Å². The summed E-state index contributed by atoms with van der Waals surface area (Å²) >= 11 is 0.883. The summed E-state index contributed by atoms with van der Waals surface area (Å²) in [6, 6.07) is 0. The summed E-state index contributed by atoms with van der Waals surface area (Å²) in [5, 5.41) is 0. The Morgan fingerprint density at radius 3 is 2.60 bits per heavy atom. The number of aromatic nitrogens is 1. The minimum absolute atomic E-state index is 0.126. The van der Waals surface area contributed by atoms with Crippen LogP contribution >= 0.6 is 11.3 Å². The highest BCUT2D eigenvalue weighted by atomic mass is 32.2. The molecule has 1 aromatic heterocycles. The number of methoxy groups -OCH3 is 1. The van der Waals surface area contributed by atoms with Gasteiger partial charge in [0, 0.05) is 12.1 Å². The summed E-state index contributed by atoms with van der Waals surface area (Å²) in [5.41, 5.74) is 0.758. The van der Waals surface area contributed by atoms with Gasteiger partial charge in [0.25, 0.3) is 10.0 Å². The molecule has 0 aliphatic carbocycles. The smallest absolute Gasteiger partial charge is 0.358 e. The SMILES string of the molecule is COC(=O)c1ncsc1S(=O)(=O)NCC(C)(C)N(C)C. The van der Waals surface area contributed by atoms with Crippen molar-refractivity contribution in [1.29, 1.82) is 0 Å². The number of likely N-dealkylation sites (N-methyl/N-ethyl adjacent to an activating group) is 1. The number of nitrogens with one attached hydrogen (secondary N) is 1. The summed E-state index contributed by atoms with van der Waals surface area (Å²) in [5.74, 6) is -0.765. The molecule has 0 saturated heterocycles. The Balaban J connectivity index is 2.96. The zero-order valence-corrected chi connectivity index (χ0v) is 13.8. The molecule has 0 fully saturated rings. The number of esters is 1. The standard InChI is InChI=1S/C11H19N3O4S2/c1-11(2,14(3)4)6-13-20(16,17)10-8(9(15)18-5)12-7-19-10/h7,13H,6H2,1-5H3. The third kappa shape index (κ3) is 3.75. The number of sulfonamides is 1. The lowest BCUT2D eigenvalue weighted by molar-refractivity contribution is 0.0590. The van der Waals surface area contributed by atoms with E-state index in [1.807, 2.05) is 32.8 Å². The zero-order chi connectivity index (χ0) is 15.6. The number of nitrogens with zero attached hydrogens (tertiary/aromatic N) is 2. The quantitative estimate of drug-likeness (QED) is 0.770. The van der Waals surface area contributed by atoms with Crippen LogP contribution in [0.2, 0.25) is 0 Å². The van der Waals surface area contributed by atoms with Crippen LogP contribution in [0.15, 0.2) is 9.72 Å². The molecule has 0 radical (unpaired) electrons. The summed E-state index contributed by atoms with van der Waals surface area (Å²) < 4.78 is 31.4. The summed E-state index contributed by atoms with van der Waals surface area (Å²) in [7, 11) is 1.11. The van der Waals surface area contributed by atoms with E-state index in [0.29, 0.717) is 0 Å².